The van der Waals surface area contributed by atoms with Crippen molar-refractivity contribution in [2.75, 3.05) is 6.54 Å². The second-order valence-corrected chi connectivity index (χ2v) is 2.79. The van der Waals surface area contributed by atoms with Crippen molar-refractivity contribution < 1.29 is 10.0 Å². The van der Waals surface area contributed by atoms with Gasteiger partial charge in [-0.25, -0.2) is 0 Å². The van der Waals surface area contributed by atoms with Gasteiger partial charge in [0, 0.05) is 11.3 Å². The maximum atomic E-state index is 10.0. The second-order valence-electron chi connectivity index (χ2n) is 2.79. The molecule has 4 nitrogen and oxygen atoms in total. The monoisotopic (exact) mass is 181 g/mol. The van der Waals surface area contributed by atoms with Crippen molar-refractivity contribution in [3.05, 3.63) is 39.9 Å². The largest absolute Gasteiger partial charge is 0.508 e. The van der Waals surface area contributed by atoms with Crippen molar-refractivity contribution in [1.82, 2.24) is 0 Å². The van der Waals surface area contributed by atoms with Crippen molar-refractivity contribution >= 4 is 0 Å². The van der Waals surface area contributed by atoms with Crippen molar-refractivity contribution in [2.24, 2.45) is 0 Å². The van der Waals surface area contributed by atoms with Gasteiger partial charge in [0.2, 0.25) is 6.54 Å². The number of hydrogen-bond acceptors (Lipinski definition) is 3. The molecule has 0 heterocycles. The highest BCUT2D eigenvalue weighted by Crippen LogP contribution is 2.16. The molecule has 1 aromatic carbocycles. The highest BCUT2D eigenvalue weighted by atomic mass is 16.6. The Morgan fingerprint density at radius 1 is 1.38 bits per heavy atom. The minimum absolute atomic E-state index is 0.0473. The summed E-state index contributed by atoms with van der Waals surface area (Å²) in [6.07, 6.45) is 1.01. The first-order valence-electron chi connectivity index (χ1n) is 4.09. The summed E-state index contributed by atoms with van der Waals surface area (Å²) in [5.41, 5.74) is 0.768. The molecule has 0 aromatic heterocycles. The number of phenolic OH excluding ortho intramolecular Hbond substituents is 1. The van der Waals surface area contributed by atoms with E-state index in [0.29, 0.717) is 12.8 Å². The minimum atomic E-state index is -0.347. The molecule has 0 aliphatic heterocycles. The Morgan fingerprint density at radius 2 is 2.08 bits per heavy atom. The molecule has 0 aliphatic rings. The molecule has 0 amide bonds. The van der Waals surface area contributed by atoms with E-state index in [1.807, 2.05) is 0 Å². The minimum Gasteiger partial charge on any atom is -0.508 e. The van der Waals surface area contributed by atoms with Crippen molar-refractivity contribution in [1.29, 1.82) is 0 Å². The van der Waals surface area contributed by atoms with Gasteiger partial charge in [-0.15, -0.1) is 0 Å². The SMILES string of the molecule is O=[N+]([O-])CCCc1ccccc1O. The number of nitrogens with zero attached hydrogens (tertiary/aromatic N) is 1. The molecule has 0 unspecified atom stereocenters. The summed E-state index contributed by atoms with van der Waals surface area (Å²) in [5.74, 6) is 0.214. The molecule has 0 aliphatic carbocycles. The molecule has 1 rings (SSSR count). The normalized spacial score (nSPS) is 9.85. The molecular weight excluding hydrogens is 170 g/mol. The molecule has 0 fully saturated rings. The number of aryl methyl sites for hydroxylation is 1. The molecule has 0 spiro atoms. The molecule has 0 atom stereocenters. The number of phenols is 1. The van der Waals surface area contributed by atoms with Crippen LogP contribution in [0.5, 0.6) is 5.75 Å². The highest BCUT2D eigenvalue weighted by Gasteiger charge is 2.01. The Morgan fingerprint density at radius 3 is 2.69 bits per heavy atom. The smallest absolute Gasteiger partial charge is 0.204 e. The summed E-state index contributed by atoms with van der Waals surface area (Å²) in [7, 11) is 0. The van der Waals surface area contributed by atoms with E-state index >= 15 is 0 Å². The van der Waals surface area contributed by atoms with Crippen LogP contribution in [0.3, 0.4) is 0 Å². The van der Waals surface area contributed by atoms with Gasteiger partial charge in [-0.05, 0) is 18.1 Å². The van der Waals surface area contributed by atoms with E-state index in [1.165, 1.54) is 0 Å². The summed E-state index contributed by atoms with van der Waals surface area (Å²) >= 11 is 0. The molecule has 70 valence electrons. The molecule has 0 bridgehead atoms. The van der Waals surface area contributed by atoms with E-state index in [0.717, 1.165) is 5.56 Å². The molecule has 1 N–H and O–H groups in total. The lowest BCUT2D eigenvalue weighted by molar-refractivity contribution is -0.480. The fourth-order valence-corrected chi connectivity index (χ4v) is 1.12. The molecule has 4 heteroatoms. The third-order valence-electron chi connectivity index (χ3n) is 1.78. The Balaban J connectivity index is 2.45. The standard InChI is InChI=1S/C9H11NO3/c11-9-6-2-1-4-8(9)5-3-7-10(12)13/h1-2,4,6,11H,3,5,7H2. The number of aromatic hydroxyl groups is 1. The first-order chi connectivity index (χ1) is 6.20. The average molecular weight is 181 g/mol. The average Bonchev–Trinajstić information content (AvgIpc) is 2.08. The lowest BCUT2D eigenvalue weighted by Crippen LogP contribution is -2.01. The predicted molar refractivity (Wildman–Crippen MR) is 48.3 cm³/mol. The molecular formula is C9H11NO3. The quantitative estimate of drug-likeness (QED) is 0.566. The van der Waals surface area contributed by atoms with Gasteiger partial charge in [-0.2, -0.15) is 0 Å². The lowest BCUT2D eigenvalue weighted by Gasteiger charge is -2.00. The Bertz CT molecular complexity index is 299. The van der Waals surface area contributed by atoms with Crippen LogP contribution in [0, 0.1) is 10.1 Å². The van der Waals surface area contributed by atoms with E-state index in [9.17, 15) is 15.2 Å². The summed E-state index contributed by atoms with van der Waals surface area (Å²) in [6, 6.07) is 6.89. The van der Waals surface area contributed by atoms with Gasteiger partial charge >= 0.3 is 0 Å². The number of rotatable bonds is 4. The van der Waals surface area contributed by atoms with Crippen LogP contribution in [0.25, 0.3) is 0 Å². The van der Waals surface area contributed by atoms with Crippen molar-refractivity contribution in [2.45, 2.75) is 12.8 Å². The Hall–Kier alpha value is -1.58. The fraction of sp³-hybridized carbons (Fsp3) is 0.333. The van der Waals surface area contributed by atoms with Crippen LogP contribution >= 0.6 is 0 Å². The number of nitro groups is 1. The van der Waals surface area contributed by atoms with Crippen LogP contribution in [0.2, 0.25) is 0 Å². The molecule has 13 heavy (non-hydrogen) atoms. The predicted octanol–water partition coefficient (Wildman–Crippen LogP) is 1.60. The van der Waals surface area contributed by atoms with E-state index in [1.54, 1.807) is 24.3 Å². The Kier molecular flexibility index (Phi) is 3.25. The van der Waals surface area contributed by atoms with Crippen LogP contribution in [-0.2, 0) is 6.42 Å². The summed E-state index contributed by atoms with van der Waals surface area (Å²) in [4.78, 5) is 9.67. The van der Waals surface area contributed by atoms with Crippen LogP contribution in [0.15, 0.2) is 24.3 Å². The first kappa shape index (κ1) is 9.51. The van der Waals surface area contributed by atoms with Gasteiger partial charge in [0.1, 0.15) is 5.75 Å². The second kappa shape index (κ2) is 4.45. The lowest BCUT2D eigenvalue weighted by atomic mass is 10.1. The van der Waals surface area contributed by atoms with Crippen molar-refractivity contribution in [3.63, 3.8) is 0 Å². The Labute approximate surface area is 76.0 Å². The van der Waals surface area contributed by atoms with Gasteiger partial charge in [-0.1, -0.05) is 18.2 Å². The maximum absolute atomic E-state index is 10.0. The number of benzene rings is 1. The van der Waals surface area contributed by atoms with Gasteiger partial charge < -0.3 is 5.11 Å². The topological polar surface area (TPSA) is 63.4 Å². The zero-order chi connectivity index (χ0) is 9.68. The van der Waals surface area contributed by atoms with E-state index in [-0.39, 0.29) is 17.2 Å². The van der Waals surface area contributed by atoms with Gasteiger partial charge in [-0.3, -0.25) is 10.1 Å². The van der Waals surface area contributed by atoms with Gasteiger partial charge in [0.15, 0.2) is 0 Å². The van der Waals surface area contributed by atoms with Crippen LogP contribution < -0.4 is 0 Å². The maximum Gasteiger partial charge on any atom is 0.204 e. The van der Waals surface area contributed by atoms with Crippen molar-refractivity contribution in [3.8, 4) is 5.75 Å². The zero-order valence-corrected chi connectivity index (χ0v) is 7.14. The molecule has 0 saturated heterocycles. The van der Waals surface area contributed by atoms with Gasteiger partial charge in [0.25, 0.3) is 0 Å². The van der Waals surface area contributed by atoms with Crippen LogP contribution in [0.1, 0.15) is 12.0 Å². The highest BCUT2D eigenvalue weighted by molar-refractivity contribution is 5.31. The number of hydrogen-bond donors (Lipinski definition) is 1. The van der Waals surface area contributed by atoms with Crippen LogP contribution in [-0.4, -0.2) is 16.6 Å². The van der Waals surface area contributed by atoms with Gasteiger partial charge in [0.05, 0.1) is 0 Å². The first-order valence-corrected chi connectivity index (χ1v) is 4.09. The zero-order valence-electron chi connectivity index (χ0n) is 7.14. The summed E-state index contributed by atoms with van der Waals surface area (Å²) < 4.78 is 0. The molecule has 0 saturated carbocycles. The van der Waals surface area contributed by atoms with E-state index in [2.05, 4.69) is 0 Å². The fourth-order valence-electron chi connectivity index (χ4n) is 1.12. The molecule has 1 aromatic rings. The van der Waals surface area contributed by atoms with E-state index in [4.69, 9.17) is 0 Å². The third kappa shape index (κ3) is 3.11. The number of para-hydroxylation sites is 1. The molecule has 0 radical (unpaired) electrons. The summed E-state index contributed by atoms with van der Waals surface area (Å²) in [5, 5.41) is 19.3. The third-order valence-corrected chi connectivity index (χ3v) is 1.78. The van der Waals surface area contributed by atoms with Crippen LogP contribution in [0.4, 0.5) is 0 Å². The summed E-state index contributed by atoms with van der Waals surface area (Å²) in [6.45, 7) is -0.0473. The van der Waals surface area contributed by atoms with E-state index < -0.39 is 0 Å².